The zero-order valence-corrected chi connectivity index (χ0v) is 20.2. The first-order valence-electron chi connectivity index (χ1n) is 13.0. The summed E-state index contributed by atoms with van der Waals surface area (Å²) < 4.78 is 67.8. The molecule has 2 aliphatic carbocycles. The van der Waals surface area contributed by atoms with Crippen molar-refractivity contribution in [1.82, 2.24) is 0 Å². The minimum Gasteiger partial charge on any atom is -0.490 e. The van der Waals surface area contributed by atoms with Crippen molar-refractivity contribution in [1.29, 1.82) is 0 Å². The van der Waals surface area contributed by atoms with E-state index in [4.69, 9.17) is 4.74 Å². The Balaban J connectivity index is 1.47. The van der Waals surface area contributed by atoms with Gasteiger partial charge in [-0.15, -0.1) is 0 Å². The molecule has 0 heterocycles. The van der Waals surface area contributed by atoms with Crippen molar-refractivity contribution in [2.45, 2.75) is 103 Å². The predicted octanol–water partition coefficient (Wildman–Crippen LogP) is 8.92. The molecule has 3 rings (SSSR count). The van der Waals surface area contributed by atoms with Gasteiger partial charge >= 0.3 is 6.11 Å². The molecule has 0 radical (unpaired) electrons. The number of hydrogen-bond acceptors (Lipinski definition) is 2. The summed E-state index contributed by atoms with van der Waals surface area (Å²) in [6, 6.07) is 2.24. The van der Waals surface area contributed by atoms with E-state index in [0.717, 1.165) is 69.8 Å². The van der Waals surface area contributed by atoms with Crippen LogP contribution >= 0.6 is 0 Å². The summed E-state index contributed by atoms with van der Waals surface area (Å²) in [5, 5.41) is 0. The van der Waals surface area contributed by atoms with E-state index in [0.29, 0.717) is 24.9 Å². The summed E-state index contributed by atoms with van der Waals surface area (Å²) in [4.78, 5) is 0. The van der Waals surface area contributed by atoms with E-state index in [1.54, 1.807) is 0 Å². The fraction of sp³-hybridized carbons (Fsp3) is 0.778. The van der Waals surface area contributed by atoms with Crippen LogP contribution in [0.3, 0.4) is 0 Å². The molecule has 0 unspecified atom stereocenters. The van der Waals surface area contributed by atoms with Crippen molar-refractivity contribution in [3.05, 3.63) is 23.8 Å². The average Bonchev–Trinajstić information content (AvgIpc) is 2.82. The molecule has 0 aliphatic heterocycles. The molecular formula is C27H40F4O2. The highest BCUT2D eigenvalue weighted by Gasteiger charge is 2.35. The molecule has 1 aromatic carbocycles. The number of rotatable bonds is 11. The van der Waals surface area contributed by atoms with Crippen LogP contribution in [0.25, 0.3) is 0 Å². The Morgan fingerprint density at radius 2 is 1.27 bits per heavy atom. The molecule has 2 fully saturated rings. The molecule has 0 atom stereocenters. The second kappa shape index (κ2) is 12.3. The molecule has 0 spiro atoms. The first-order chi connectivity index (χ1) is 15.8. The molecule has 2 saturated carbocycles. The van der Waals surface area contributed by atoms with Gasteiger partial charge in [-0.3, -0.25) is 0 Å². The van der Waals surface area contributed by atoms with Gasteiger partial charge in [-0.25, -0.2) is 0 Å². The molecule has 6 heteroatoms. The Kier molecular flexibility index (Phi) is 9.75. The topological polar surface area (TPSA) is 18.5 Å². The maximum atomic E-state index is 14.5. The fourth-order valence-electron chi connectivity index (χ4n) is 5.52. The molecular weight excluding hydrogens is 432 g/mol. The van der Waals surface area contributed by atoms with E-state index < -0.39 is 29.9 Å². The van der Waals surface area contributed by atoms with Gasteiger partial charge in [0.1, 0.15) is 0 Å². The number of halogens is 4. The fourth-order valence-corrected chi connectivity index (χ4v) is 5.52. The van der Waals surface area contributed by atoms with Crippen LogP contribution in [0.2, 0.25) is 0 Å². The van der Waals surface area contributed by atoms with Crippen molar-refractivity contribution >= 4 is 0 Å². The van der Waals surface area contributed by atoms with E-state index in [1.165, 1.54) is 18.9 Å². The molecule has 2 nitrogen and oxygen atoms in total. The minimum absolute atomic E-state index is 0.244. The van der Waals surface area contributed by atoms with Crippen LogP contribution in [-0.4, -0.2) is 12.7 Å². The van der Waals surface area contributed by atoms with Gasteiger partial charge in [-0.05, 0) is 55.1 Å². The number of hydrogen-bond donors (Lipinski definition) is 0. The van der Waals surface area contributed by atoms with Crippen molar-refractivity contribution in [2.24, 2.45) is 23.7 Å². The van der Waals surface area contributed by atoms with Gasteiger partial charge < -0.3 is 9.47 Å². The van der Waals surface area contributed by atoms with Crippen LogP contribution in [0.15, 0.2) is 12.1 Å². The number of ether oxygens (including phenoxy) is 2. The number of benzene rings is 1. The predicted molar refractivity (Wildman–Crippen MR) is 123 cm³/mol. The summed E-state index contributed by atoms with van der Waals surface area (Å²) in [6.45, 7) is 4.66. The number of alkyl halides is 2. The summed E-state index contributed by atoms with van der Waals surface area (Å²) in [6.07, 6.45) is 8.22. The summed E-state index contributed by atoms with van der Waals surface area (Å²) in [5.41, 5.74) is 0. The second-order valence-electron chi connectivity index (χ2n) is 10.2. The van der Waals surface area contributed by atoms with Gasteiger partial charge in [-0.2, -0.15) is 17.6 Å². The largest absolute Gasteiger partial charge is 0.490 e. The Hall–Kier alpha value is -1.46. The second-order valence-corrected chi connectivity index (χ2v) is 10.2. The highest BCUT2D eigenvalue weighted by atomic mass is 19.3. The lowest BCUT2D eigenvalue weighted by atomic mass is 9.79. The summed E-state index contributed by atoms with van der Waals surface area (Å²) in [7, 11) is 0. The Morgan fingerprint density at radius 3 is 1.88 bits per heavy atom. The first kappa shape index (κ1) is 26.2. The Morgan fingerprint density at radius 1 is 0.758 bits per heavy atom. The molecule has 1 aromatic rings. The van der Waals surface area contributed by atoms with E-state index >= 15 is 0 Å². The smallest absolute Gasteiger partial charge is 0.397 e. The van der Waals surface area contributed by atoms with Crippen LogP contribution in [0.4, 0.5) is 17.6 Å². The van der Waals surface area contributed by atoms with E-state index in [2.05, 4.69) is 18.6 Å². The minimum atomic E-state index is -3.53. The molecule has 0 N–H and O–H groups in total. The zero-order valence-electron chi connectivity index (χ0n) is 20.2. The van der Waals surface area contributed by atoms with Crippen molar-refractivity contribution in [3.63, 3.8) is 0 Å². The van der Waals surface area contributed by atoms with Gasteiger partial charge in [-0.1, -0.05) is 71.6 Å². The highest BCUT2D eigenvalue weighted by Crippen LogP contribution is 2.38. The van der Waals surface area contributed by atoms with Gasteiger partial charge in [0.15, 0.2) is 11.5 Å². The lowest BCUT2D eigenvalue weighted by Crippen LogP contribution is -2.27. The van der Waals surface area contributed by atoms with Crippen molar-refractivity contribution < 1.29 is 27.0 Å². The van der Waals surface area contributed by atoms with Crippen LogP contribution in [0, 0.1) is 35.3 Å². The van der Waals surface area contributed by atoms with Gasteiger partial charge in [0, 0.05) is 0 Å². The molecule has 2 aliphatic rings. The molecule has 0 aromatic heterocycles. The van der Waals surface area contributed by atoms with Gasteiger partial charge in [0.25, 0.3) is 0 Å². The van der Waals surface area contributed by atoms with Crippen LogP contribution < -0.4 is 9.47 Å². The Bertz CT molecular complexity index is 723. The van der Waals surface area contributed by atoms with Crippen molar-refractivity contribution in [3.8, 4) is 11.5 Å². The highest BCUT2D eigenvalue weighted by molar-refractivity contribution is 5.35. The monoisotopic (exact) mass is 472 g/mol. The normalized spacial score (nSPS) is 26.2. The maximum Gasteiger partial charge on any atom is 0.397 e. The maximum absolute atomic E-state index is 14.5. The van der Waals surface area contributed by atoms with Gasteiger partial charge in [0.05, 0.1) is 13.0 Å². The zero-order chi connectivity index (χ0) is 23.8. The third-order valence-electron chi connectivity index (χ3n) is 7.80. The molecule has 188 valence electrons. The van der Waals surface area contributed by atoms with E-state index in [1.807, 2.05) is 0 Å². The van der Waals surface area contributed by atoms with E-state index in [9.17, 15) is 17.6 Å². The lowest BCUT2D eigenvalue weighted by molar-refractivity contribution is -0.185. The van der Waals surface area contributed by atoms with E-state index in [-0.39, 0.29) is 11.7 Å². The Labute approximate surface area is 196 Å². The molecule has 0 bridgehead atoms. The molecule has 0 amide bonds. The van der Waals surface area contributed by atoms with Crippen LogP contribution in [0.1, 0.15) is 97.3 Å². The standard InChI is InChI=1S/C27H40F4O2/c1-3-5-20-10-12-22(13-11-20)18-32-23-14-15-24(26(29)25(23)28)33-27(30,31)17-16-21-8-6-19(4-2)7-9-21/h14-15,19-22H,3-13,16-18H2,1-2H3. The lowest BCUT2D eigenvalue weighted by Gasteiger charge is -2.29. The average molecular weight is 473 g/mol. The third kappa shape index (κ3) is 7.78. The SMILES string of the molecule is CCCC1CCC(COc2ccc(OC(F)(F)CCC3CCC(CC)CC3)c(F)c2F)CC1. The summed E-state index contributed by atoms with van der Waals surface area (Å²) >= 11 is 0. The van der Waals surface area contributed by atoms with Crippen LogP contribution in [0.5, 0.6) is 11.5 Å². The van der Waals surface area contributed by atoms with Crippen molar-refractivity contribution in [2.75, 3.05) is 6.61 Å². The summed E-state index contributed by atoms with van der Waals surface area (Å²) in [5.74, 6) is -1.67. The van der Waals surface area contributed by atoms with Gasteiger partial charge in [0.2, 0.25) is 11.6 Å². The molecule has 33 heavy (non-hydrogen) atoms. The quantitative estimate of drug-likeness (QED) is 0.299. The van der Waals surface area contributed by atoms with Crippen LogP contribution in [-0.2, 0) is 0 Å². The third-order valence-corrected chi connectivity index (χ3v) is 7.80. The first-order valence-corrected chi connectivity index (χ1v) is 13.0. The molecule has 0 saturated heterocycles.